The lowest BCUT2D eigenvalue weighted by Crippen LogP contribution is -2.15. The summed E-state index contributed by atoms with van der Waals surface area (Å²) in [5.74, 6) is 0. The van der Waals surface area contributed by atoms with Crippen molar-refractivity contribution < 1.29 is 0 Å². The predicted molar refractivity (Wildman–Crippen MR) is 74.6 cm³/mol. The zero-order valence-electron chi connectivity index (χ0n) is 10.6. The lowest BCUT2D eigenvalue weighted by molar-refractivity contribution is 0.967. The Labute approximate surface area is 104 Å². The third-order valence-corrected chi connectivity index (χ3v) is 3.10. The van der Waals surface area contributed by atoms with E-state index in [1.165, 1.54) is 16.8 Å². The van der Waals surface area contributed by atoms with Gasteiger partial charge in [0.2, 0.25) is 0 Å². The highest BCUT2D eigenvalue weighted by molar-refractivity contribution is 5.47. The summed E-state index contributed by atoms with van der Waals surface area (Å²) in [4.78, 5) is 2.24. The molecule has 0 fully saturated rings. The number of benzene rings is 2. The average molecular weight is 225 g/mol. The maximum Gasteiger partial charge on any atom is 0.0363 e. The lowest BCUT2D eigenvalue weighted by Gasteiger charge is -2.16. The van der Waals surface area contributed by atoms with Crippen molar-refractivity contribution in [1.82, 2.24) is 0 Å². The number of rotatable bonds is 4. The van der Waals surface area contributed by atoms with Crippen molar-refractivity contribution in [2.45, 2.75) is 13.3 Å². The first-order valence-electron chi connectivity index (χ1n) is 6.13. The monoisotopic (exact) mass is 225 g/mol. The van der Waals surface area contributed by atoms with Gasteiger partial charge in [0.05, 0.1) is 0 Å². The van der Waals surface area contributed by atoms with E-state index in [9.17, 15) is 0 Å². The summed E-state index contributed by atoms with van der Waals surface area (Å²) in [5.41, 5.74) is 4.01. The van der Waals surface area contributed by atoms with Gasteiger partial charge in [-0.25, -0.2) is 0 Å². The van der Waals surface area contributed by atoms with Gasteiger partial charge in [-0.2, -0.15) is 0 Å². The minimum absolute atomic E-state index is 1.01. The zero-order chi connectivity index (χ0) is 12.1. The second-order valence-electron chi connectivity index (χ2n) is 4.34. The van der Waals surface area contributed by atoms with Crippen LogP contribution in [0, 0.1) is 0 Å². The molecule has 1 nitrogen and oxygen atoms in total. The van der Waals surface area contributed by atoms with Crippen LogP contribution in [-0.2, 0) is 6.42 Å². The number of nitrogens with zero attached hydrogens (tertiary/aromatic N) is 1. The Morgan fingerprint density at radius 2 is 1.41 bits per heavy atom. The van der Waals surface area contributed by atoms with Crippen molar-refractivity contribution in [3.05, 3.63) is 65.7 Å². The second kappa shape index (κ2) is 5.53. The molecule has 2 aromatic rings. The number of hydrogen-bond donors (Lipinski definition) is 0. The number of hydrogen-bond acceptors (Lipinski definition) is 1. The van der Waals surface area contributed by atoms with Crippen LogP contribution in [0.1, 0.15) is 18.1 Å². The molecule has 0 amide bonds. The molecule has 0 unspecified atom stereocenters. The molecule has 2 aromatic carbocycles. The smallest absolute Gasteiger partial charge is 0.0363 e. The van der Waals surface area contributed by atoms with Gasteiger partial charge < -0.3 is 4.90 Å². The molecule has 17 heavy (non-hydrogen) atoms. The first-order valence-corrected chi connectivity index (χ1v) is 6.13. The Morgan fingerprint density at radius 3 is 2.00 bits per heavy atom. The topological polar surface area (TPSA) is 3.24 Å². The van der Waals surface area contributed by atoms with Crippen LogP contribution in [0.15, 0.2) is 54.6 Å². The zero-order valence-corrected chi connectivity index (χ0v) is 10.6. The number of anilines is 1. The lowest BCUT2D eigenvalue weighted by atomic mass is 10.0. The van der Waals surface area contributed by atoms with Crippen molar-refractivity contribution in [3.63, 3.8) is 0 Å². The SMILES string of the molecule is CCN(C)c1ccc(Cc2ccccc2)cc1. The first-order chi connectivity index (χ1) is 8.29. The maximum atomic E-state index is 2.24. The van der Waals surface area contributed by atoms with Crippen LogP contribution in [0.5, 0.6) is 0 Å². The summed E-state index contributed by atoms with van der Waals surface area (Å²) >= 11 is 0. The van der Waals surface area contributed by atoms with Gasteiger partial charge in [-0.3, -0.25) is 0 Å². The van der Waals surface area contributed by atoms with Crippen LogP contribution >= 0.6 is 0 Å². The highest BCUT2D eigenvalue weighted by atomic mass is 15.1. The van der Waals surface area contributed by atoms with Crippen molar-refractivity contribution in [2.75, 3.05) is 18.5 Å². The molecule has 0 aliphatic heterocycles. The molecule has 0 spiro atoms. The van der Waals surface area contributed by atoms with E-state index >= 15 is 0 Å². The Kier molecular flexibility index (Phi) is 3.81. The van der Waals surface area contributed by atoms with Gasteiger partial charge in [0.15, 0.2) is 0 Å². The quantitative estimate of drug-likeness (QED) is 0.766. The molecule has 0 radical (unpaired) electrons. The Bertz CT molecular complexity index is 445. The molecule has 0 aliphatic rings. The molecule has 88 valence electrons. The minimum atomic E-state index is 1.01. The standard InChI is InChI=1S/C16H19N/c1-3-17(2)16-11-9-15(10-12-16)13-14-7-5-4-6-8-14/h4-12H,3,13H2,1-2H3. The van der Waals surface area contributed by atoms with Crippen LogP contribution in [-0.4, -0.2) is 13.6 Å². The van der Waals surface area contributed by atoms with E-state index in [0.29, 0.717) is 0 Å². The van der Waals surface area contributed by atoms with Crippen LogP contribution in [0.3, 0.4) is 0 Å². The van der Waals surface area contributed by atoms with E-state index in [-0.39, 0.29) is 0 Å². The minimum Gasteiger partial charge on any atom is -0.375 e. The Hall–Kier alpha value is -1.76. The van der Waals surface area contributed by atoms with E-state index in [1.54, 1.807) is 0 Å². The van der Waals surface area contributed by atoms with Crippen molar-refractivity contribution in [3.8, 4) is 0 Å². The summed E-state index contributed by atoms with van der Waals surface area (Å²) < 4.78 is 0. The van der Waals surface area contributed by atoms with Crippen molar-refractivity contribution >= 4 is 5.69 Å². The van der Waals surface area contributed by atoms with Crippen molar-refractivity contribution in [2.24, 2.45) is 0 Å². The Morgan fingerprint density at radius 1 is 0.824 bits per heavy atom. The predicted octanol–water partition coefficient (Wildman–Crippen LogP) is 3.73. The largest absolute Gasteiger partial charge is 0.375 e. The molecule has 0 heterocycles. The normalized spacial score (nSPS) is 10.2. The summed E-state index contributed by atoms with van der Waals surface area (Å²) in [6, 6.07) is 19.4. The van der Waals surface area contributed by atoms with Crippen molar-refractivity contribution in [1.29, 1.82) is 0 Å². The summed E-state index contributed by atoms with van der Waals surface area (Å²) in [7, 11) is 2.12. The molecule has 0 bridgehead atoms. The molecule has 0 saturated carbocycles. The molecule has 0 saturated heterocycles. The van der Waals surface area contributed by atoms with E-state index in [1.807, 2.05) is 0 Å². The van der Waals surface area contributed by atoms with Crippen LogP contribution in [0.4, 0.5) is 5.69 Å². The first kappa shape index (κ1) is 11.7. The average Bonchev–Trinajstić information content (AvgIpc) is 2.40. The molecule has 0 aromatic heterocycles. The van der Waals surface area contributed by atoms with Gasteiger partial charge >= 0.3 is 0 Å². The fraction of sp³-hybridized carbons (Fsp3) is 0.250. The molecule has 0 atom stereocenters. The molecule has 1 heteroatoms. The highest BCUT2D eigenvalue weighted by Crippen LogP contribution is 2.15. The second-order valence-corrected chi connectivity index (χ2v) is 4.34. The van der Waals surface area contributed by atoms with E-state index in [4.69, 9.17) is 0 Å². The van der Waals surface area contributed by atoms with Crippen LogP contribution < -0.4 is 4.90 Å². The summed E-state index contributed by atoms with van der Waals surface area (Å²) in [6.45, 7) is 3.20. The fourth-order valence-corrected chi connectivity index (χ4v) is 1.88. The molecule has 0 aliphatic carbocycles. The molecular weight excluding hydrogens is 206 g/mol. The van der Waals surface area contributed by atoms with Gasteiger partial charge in [0.25, 0.3) is 0 Å². The summed E-state index contributed by atoms with van der Waals surface area (Å²) in [5, 5.41) is 0. The van der Waals surface area contributed by atoms with Gasteiger partial charge in [-0.05, 0) is 36.6 Å². The van der Waals surface area contributed by atoms with Crippen LogP contribution in [0.2, 0.25) is 0 Å². The fourth-order valence-electron chi connectivity index (χ4n) is 1.88. The molecule has 0 N–H and O–H groups in total. The third-order valence-electron chi connectivity index (χ3n) is 3.10. The van der Waals surface area contributed by atoms with E-state index in [2.05, 4.69) is 73.5 Å². The van der Waals surface area contributed by atoms with E-state index in [0.717, 1.165) is 13.0 Å². The molecule has 2 rings (SSSR count). The van der Waals surface area contributed by atoms with Gasteiger partial charge in [0.1, 0.15) is 0 Å². The van der Waals surface area contributed by atoms with Gasteiger partial charge in [-0.1, -0.05) is 42.5 Å². The van der Waals surface area contributed by atoms with Gasteiger partial charge in [-0.15, -0.1) is 0 Å². The van der Waals surface area contributed by atoms with Gasteiger partial charge in [0, 0.05) is 19.3 Å². The third kappa shape index (κ3) is 3.10. The summed E-state index contributed by atoms with van der Waals surface area (Å²) in [6.07, 6.45) is 1.01. The molecular formula is C16H19N. The van der Waals surface area contributed by atoms with Crippen LogP contribution in [0.25, 0.3) is 0 Å². The van der Waals surface area contributed by atoms with E-state index < -0.39 is 0 Å². The Balaban J connectivity index is 2.08. The maximum absolute atomic E-state index is 2.24. The highest BCUT2D eigenvalue weighted by Gasteiger charge is 1.99.